The molecule has 2 rings (SSSR count). The van der Waals surface area contributed by atoms with Crippen molar-refractivity contribution < 1.29 is 9.53 Å². The molecule has 0 aliphatic rings. The minimum atomic E-state index is -0.458. The Morgan fingerprint density at radius 1 is 1.55 bits per heavy atom. The van der Waals surface area contributed by atoms with E-state index in [0.717, 1.165) is 10.7 Å². The van der Waals surface area contributed by atoms with Crippen molar-refractivity contribution in [3.63, 3.8) is 0 Å². The van der Waals surface area contributed by atoms with Gasteiger partial charge in [-0.3, -0.25) is 9.20 Å². The maximum atomic E-state index is 11.7. The number of amides is 1. The van der Waals surface area contributed by atoms with Gasteiger partial charge in [0, 0.05) is 31.7 Å². The molecule has 20 heavy (non-hydrogen) atoms. The molecule has 110 valence electrons. The van der Waals surface area contributed by atoms with Gasteiger partial charge in [-0.1, -0.05) is 0 Å². The predicted molar refractivity (Wildman–Crippen MR) is 79.2 cm³/mol. The van der Waals surface area contributed by atoms with Crippen molar-refractivity contribution in [1.82, 2.24) is 20.0 Å². The zero-order valence-corrected chi connectivity index (χ0v) is 13.0. The number of nitrogens with one attached hydrogen (secondary N) is 2. The van der Waals surface area contributed by atoms with Gasteiger partial charge in [-0.25, -0.2) is 0 Å². The first-order valence-electron chi connectivity index (χ1n) is 6.41. The van der Waals surface area contributed by atoms with Gasteiger partial charge in [0.15, 0.2) is 4.96 Å². The summed E-state index contributed by atoms with van der Waals surface area (Å²) in [4.78, 5) is 17.0. The number of ether oxygens (including phenoxy) is 1. The summed E-state index contributed by atoms with van der Waals surface area (Å²) in [7, 11) is 3.27. The highest BCUT2D eigenvalue weighted by Crippen LogP contribution is 2.23. The maximum Gasteiger partial charge on any atom is 0.237 e. The van der Waals surface area contributed by atoms with Crippen molar-refractivity contribution >= 4 is 22.2 Å². The predicted octanol–water partition coefficient (Wildman–Crippen LogP) is 1.27. The standard InChI is InChI=1S/C13H20N4O2S/c1-13(2,11(18)14-3)8-15-7-9-10(19-4)16-12-17(9)5-6-20-12/h5-6,15H,7-8H2,1-4H3,(H,14,18). The average Bonchev–Trinajstić information content (AvgIpc) is 2.99. The molecule has 0 saturated carbocycles. The molecule has 0 unspecified atom stereocenters. The van der Waals surface area contributed by atoms with Crippen LogP contribution in [-0.4, -0.2) is 36.0 Å². The highest BCUT2D eigenvalue weighted by atomic mass is 32.1. The topological polar surface area (TPSA) is 67.7 Å². The molecule has 0 aliphatic heterocycles. The lowest BCUT2D eigenvalue weighted by Gasteiger charge is -2.22. The van der Waals surface area contributed by atoms with E-state index in [1.54, 1.807) is 25.5 Å². The van der Waals surface area contributed by atoms with Gasteiger partial charge in [-0.15, -0.1) is 11.3 Å². The van der Waals surface area contributed by atoms with E-state index in [4.69, 9.17) is 4.74 Å². The van der Waals surface area contributed by atoms with Crippen molar-refractivity contribution in [3.05, 3.63) is 17.3 Å². The molecular weight excluding hydrogens is 276 g/mol. The smallest absolute Gasteiger partial charge is 0.237 e. The van der Waals surface area contributed by atoms with Gasteiger partial charge in [0.2, 0.25) is 11.8 Å². The van der Waals surface area contributed by atoms with E-state index in [1.165, 1.54) is 0 Å². The van der Waals surface area contributed by atoms with Crippen LogP contribution in [0.1, 0.15) is 19.5 Å². The Morgan fingerprint density at radius 3 is 2.95 bits per heavy atom. The molecule has 0 saturated heterocycles. The van der Waals surface area contributed by atoms with Crippen LogP contribution < -0.4 is 15.4 Å². The summed E-state index contributed by atoms with van der Waals surface area (Å²) in [6, 6.07) is 0. The highest BCUT2D eigenvalue weighted by molar-refractivity contribution is 7.15. The molecule has 0 aromatic carbocycles. The summed E-state index contributed by atoms with van der Waals surface area (Å²) >= 11 is 1.57. The van der Waals surface area contributed by atoms with Crippen LogP contribution in [0.3, 0.4) is 0 Å². The molecule has 1 amide bonds. The van der Waals surface area contributed by atoms with Gasteiger partial charge in [0.05, 0.1) is 12.5 Å². The summed E-state index contributed by atoms with van der Waals surface area (Å²) in [5, 5.41) is 7.97. The van der Waals surface area contributed by atoms with Gasteiger partial charge in [0.25, 0.3) is 0 Å². The molecule has 0 spiro atoms. The first kappa shape index (κ1) is 14.8. The second kappa shape index (κ2) is 5.80. The number of fused-ring (bicyclic) bond motifs is 1. The molecule has 2 aromatic heterocycles. The summed E-state index contributed by atoms with van der Waals surface area (Å²) in [6.07, 6.45) is 1.97. The van der Waals surface area contributed by atoms with E-state index < -0.39 is 5.41 Å². The third-order valence-corrected chi connectivity index (χ3v) is 3.98. The number of aromatic nitrogens is 2. The maximum absolute atomic E-state index is 11.7. The van der Waals surface area contributed by atoms with Crippen LogP contribution in [0.15, 0.2) is 11.6 Å². The Bertz CT molecular complexity index is 603. The number of hydrogen-bond donors (Lipinski definition) is 2. The Balaban J connectivity index is 2.06. The van der Waals surface area contributed by atoms with E-state index in [2.05, 4.69) is 15.6 Å². The third kappa shape index (κ3) is 2.78. The first-order valence-corrected chi connectivity index (χ1v) is 7.29. The number of hydrogen-bond acceptors (Lipinski definition) is 5. The lowest BCUT2D eigenvalue weighted by atomic mass is 9.92. The second-order valence-corrected chi connectivity index (χ2v) is 6.06. The molecule has 0 atom stereocenters. The lowest BCUT2D eigenvalue weighted by molar-refractivity contribution is -0.128. The number of rotatable bonds is 6. The number of thiazole rings is 1. The fourth-order valence-corrected chi connectivity index (χ4v) is 2.77. The van der Waals surface area contributed by atoms with Crippen LogP contribution in [0.5, 0.6) is 5.88 Å². The van der Waals surface area contributed by atoms with E-state index in [9.17, 15) is 4.79 Å². The summed E-state index contributed by atoms with van der Waals surface area (Å²) in [5.41, 5.74) is 0.511. The molecule has 7 heteroatoms. The third-order valence-electron chi connectivity index (χ3n) is 3.22. The van der Waals surface area contributed by atoms with Gasteiger partial charge in [-0.05, 0) is 13.8 Å². The zero-order chi connectivity index (χ0) is 14.8. The second-order valence-electron chi connectivity index (χ2n) is 5.19. The van der Waals surface area contributed by atoms with E-state index in [0.29, 0.717) is 19.0 Å². The molecule has 2 N–H and O–H groups in total. The van der Waals surface area contributed by atoms with E-state index >= 15 is 0 Å². The SMILES string of the molecule is CNC(=O)C(C)(C)CNCc1c(OC)nc2sccn12. The van der Waals surface area contributed by atoms with Crippen LogP contribution in [0.25, 0.3) is 4.96 Å². The Kier molecular flexibility index (Phi) is 4.29. The van der Waals surface area contributed by atoms with Gasteiger partial charge in [-0.2, -0.15) is 4.98 Å². The number of methoxy groups -OCH3 is 1. The Hall–Kier alpha value is -1.60. The number of carbonyl (C=O) groups excluding carboxylic acids is 1. The summed E-state index contributed by atoms with van der Waals surface area (Å²) in [5.74, 6) is 0.646. The van der Waals surface area contributed by atoms with Crippen LogP contribution in [0.4, 0.5) is 0 Å². The molecular formula is C13H20N4O2S. The first-order chi connectivity index (χ1) is 9.49. The number of carbonyl (C=O) groups is 1. The Morgan fingerprint density at radius 2 is 2.30 bits per heavy atom. The van der Waals surface area contributed by atoms with Gasteiger partial charge < -0.3 is 15.4 Å². The summed E-state index contributed by atoms with van der Waals surface area (Å²) in [6.45, 7) is 4.99. The van der Waals surface area contributed by atoms with Crippen LogP contribution in [0.2, 0.25) is 0 Å². The van der Waals surface area contributed by atoms with Crippen molar-refractivity contribution in [2.75, 3.05) is 20.7 Å². The monoisotopic (exact) mass is 296 g/mol. The van der Waals surface area contributed by atoms with Crippen LogP contribution >= 0.6 is 11.3 Å². The van der Waals surface area contributed by atoms with Gasteiger partial charge >= 0.3 is 0 Å². The van der Waals surface area contributed by atoms with Crippen molar-refractivity contribution in [3.8, 4) is 5.88 Å². The quantitative estimate of drug-likeness (QED) is 0.842. The largest absolute Gasteiger partial charge is 0.480 e. The fourth-order valence-electron chi connectivity index (χ4n) is 2.05. The fraction of sp³-hybridized carbons (Fsp3) is 0.538. The molecule has 0 bridgehead atoms. The van der Waals surface area contributed by atoms with Crippen molar-refractivity contribution in [1.29, 1.82) is 0 Å². The summed E-state index contributed by atoms with van der Waals surface area (Å²) < 4.78 is 7.30. The minimum Gasteiger partial charge on any atom is -0.480 e. The Labute approximate surface area is 122 Å². The average molecular weight is 296 g/mol. The molecule has 0 aliphatic carbocycles. The zero-order valence-electron chi connectivity index (χ0n) is 12.2. The van der Waals surface area contributed by atoms with Crippen molar-refractivity contribution in [2.24, 2.45) is 5.41 Å². The minimum absolute atomic E-state index is 0.0194. The number of imidazole rings is 1. The molecule has 2 aromatic rings. The van der Waals surface area contributed by atoms with E-state index in [-0.39, 0.29) is 5.91 Å². The lowest BCUT2D eigenvalue weighted by Crippen LogP contribution is -2.41. The normalized spacial score (nSPS) is 11.8. The van der Waals surface area contributed by atoms with Crippen LogP contribution in [0, 0.1) is 5.41 Å². The van der Waals surface area contributed by atoms with Gasteiger partial charge in [0.1, 0.15) is 5.69 Å². The molecule has 0 fully saturated rings. The molecule has 2 heterocycles. The van der Waals surface area contributed by atoms with Crippen molar-refractivity contribution in [2.45, 2.75) is 20.4 Å². The van der Waals surface area contributed by atoms with E-state index in [1.807, 2.05) is 29.8 Å². The molecule has 0 radical (unpaired) electrons. The number of nitrogens with zero attached hydrogens (tertiary/aromatic N) is 2. The highest BCUT2D eigenvalue weighted by Gasteiger charge is 2.26. The van der Waals surface area contributed by atoms with Crippen LogP contribution in [-0.2, 0) is 11.3 Å². The molecule has 6 nitrogen and oxygen atoms in total.